The molecule has 4 aromatic carbocycles. The van der Waals surface area contributed by atoms with E-state index in [9.17, 15) is 34.7 Å². The summed E-state index contributed by atoms with van der Waals surface area (Å²) in [5, 5.41) is 29.1. The third-order valence-electron chi connectivity index (χ3n) is 9.35. The zero-order valence-corrected chi connectivity index (χ0v) is 32.1. The van der Waals surface area contributed by atoms with Crippen LogP contribution in [0.25, 0.3) is 17.0 Å². The Hall–Kier alpha value is -7.34. The number of aliphatic hydroxyl groups is 2. The van der Waals surface area contributed by atoms with Crippen molar-refractivity contribution in [1.82, 2.24) is 0 Å². The van der Waals surface area contributed by atoms with E-state index in [1.165, 1.54) is 74.9 Å². The first-order valence-electron chi connectivity index (χ1n) is 18.1. The number of carbonyl (C=O) groups is 4. The molecule has 6 rings (SSSR count). The lowest BCUT2D eigenvalue weighted by Gasteiger charge is -2.17. The van der Waals surface area contributed by atoms with Gasteiger partial charge in [0, 0.05) is 11.6 Å². The summed E-state index contributed by atoms with van der Waals surface area (Å²) < 4.78 is 44.2. The maximum Gasteiger partial charge on any atom is 0.349 e. The highest BCUT2D eigenvalue weighted by Gasteiger charge is 2.51. The number of esters is 4. The van der Waals surface area contributed by atoms with Crippen molar-refractivity contribution in [3.63, 3.8) is 0 Å². The average molecular weight is 817 g/mol. The summed E-state index contributed by atoms with van der Waals surface area (Å²) in [6.07, 6.45) is -1.19. The molecule has 0 aromatic heterocycles. The molecule has 2 aliphatic heterocycles. The molecule has 60 heavy (non-hydrogen) atoms. The first-order valence-corrected chi connectivity index (χ1v) is 18.1. The van der Waals surface area contributed by atoms with Crippen LogP contribution in [-0.2, 0) is 41.8 Å². The molecule has 0 unspecified atom stereocenters. The zero-order chi connectivity index (χ0) is 42.8. The lowest BCUT2D eigenvalue weighted by atomic mass is 10.0. The second-order valence-corrected chi connectivity index (χ2v) is 13.1. The molecule has 16 heteroatoms. The largest absolute Gasteiger partial charge is 0.497 e. The highest BCUT2D eigenvalue weighted by molar-refractivity contribution is 5.98. The van der Waals surface area contributed by atoms with Gasteiger partial charge in [0.15, 0.2) is 12.2 Å². The summed E-state index contributed by atoms with van der Waals surface area (Å²) in [6.45, 7) is 6.67. The third-order valence-corrected chi connectivity index (χ3v) is 9.35. The molecule has 0 spiro atoms. The van der Waals surface area contributed by atoms with E-state index in [-0.39, 0.29) is 59.3 Å². The monoisotopic (exact) mass is 816 g/mol. The van der Waals surface area contributed by atoms with Gasteiger partial charge in [-0.15, -0.1) is 0 Å². The lowest BCUT2D eigenvalue weighted by Crippen LogP contribution is -2.36. The second-order valence-electron chi connectivity index (χ2n) is 13.1. The van der Waals surface area contributed by atoms with Gasteiger partial charge in [-0.3, -0.25) is 4.79 Å². The maximum absolute atomic E-state index is 13.2. The number of carbonyl (C=O) groups excluding carboxylic acids is 4. The number of hydrogen-bond acceptors (Lipinski definition) is 15. The topological polar surface area (TPSA) is 211 Å². The van der Waals surface area contributed by atoms with Crippen molar-refractivity contribution in [1.29, 1.82) is 5.26 Å². The van der Waals surface area contributed by atoms with Crippen molar-refractivity contribution in [2.24, 2.45) is 0 Å². The highest BCUT2D eigenvalue weighted by Crippen LogP contribution is 2.33. The summed E-state index contributed by atoms with van der Waals surface area (Å²) >= 11 is 0. The zero-order valence-electron chi connectivity index (χ0n) is 32.1. The number of ether oxygens (including phenoxy) is 8. The summed E-state index contributed by atoms with van der Waals surface area (Å²) in [6, 6.07) is 23.0. The van der Waals surface area contributed by atoms with Gasteiger partial charge in [-0.1, -0.05) is 18.2 Å². The molecule has 2 N–H and O–H groups in total. The molecule has 306 valence electrons. The van der Waals surface area contributed by atoms with Crippen LogP contribution < -0.4 is 18.9 Å². The first kappa shape index (κ1) is 42.3. The summed E-state index contributed by atoms with van der Waals surface area (Å²) in [7, 11) is 2.88. The van der Waals surface area contributed by atoms with Gasteiger partial charge >= 0.3 is 23.9 Å². The van der Waals surface area contributed by atoms with Gasteiger partial charge in [-0.05, 0) is 89.5 Å². The molecule has 4 atom stereocenters. The number of hydrogen-bond donors (Lipinski definition) is 2. The van der Waals surface area contributed by atoms with Crippen LogP contribution in [0.15, 0.2) is 96.2 Å². The Morgan fingerprint density at radius 3 is 1.82 bits per heavy atom. The van der Waals surface area contributed by atoms with Gasteiger partial charge in [0.2, 0.25) is 0 Å². The Bertz CT molecular complexity index is 2240. The van der Waals surface area contributed by atoms with Crippen molar-refractivity contribution >= 4 is 36.0 Å². The van der Waals surface area contributed by atoms with E-state index in [2.05, 4.69) is 4.85 Å². The van der Waals surface area contributed by atoms with Crippen molar-refractivity contribution < 1.29 is 67.3 Å². The number of benzene rings is 4. The van der Waals surface area contributed by atoms with Crippen LogP contribution >= 0.6 is 0 Å². The fraction of sp³-hybridized carbons (Fsp3) is 0.227. The molecule has 16 nitrogen and oxygen atoms in total. The Morgan fingerprint density at radius 2 is 1.28 bits per heavy atom. The van der Waals surface area contributed by atoms with Crippen molar-refractivity contribution in [3.8, 4) is 29.1 Å². The quantitative estimate of drug-likeness (QED) is 0.0585. The van der Waals surface area contributed by atoms with Gasteiger partial charge in [0.05, 0.1) is 58.3 Å². The summed E-state index contributed by atoms with van der Waals surface area (Å²) in [5.74, 6) is -2.23. The first-order chi connectivity index (χ1) is 29.1. The van der Waals surface area contributed by atoms with Crippen LogP contribution in [0.4, 0.5) is 0 Å². The number of nitriles is 1. The third kappa shape index (κ3) is 9.84. The van der Waals surface area contributed by atoms with Crippen LogP contribution in [0, 0.1) is 17.9 Å². The van der Waals surface area contributed by atoms with E-state index in [0.29, 0.717) is 16.9 Å². The Kier molecular flexibility index (Phi) is 13.7. The predicted molar refractivity (Wildman–Crippen MR) is 208 cm³/mol. The van der Waals surface area contributed by atoms with E-state index in [4.69, 9.17) is 44.5 Å². The Morgan fingerprint density at radius 1 is 0.733 bits per heavy atom. The van der Waals surface area contributed by atoms with Gasteiger partial charge in [0.25, 0.3) is 5.70 Å². The van der Waals surface area contributed by atoms with E-state index in [1.807, 2.05) is 0 Å². The number of methoxy groups -OCH3 is 2. The van der Waals surface area contributed by atoms with Crippen LogP contribution in [-0.4, -0.2) is 85.9 Å². The van der Waals surface area contributed by atoms with Crippen molar-refractivity contribution in [2.45, 2.75) is 37.6 Å². The van der Waals surface area contributed by atoms with Crippen LogP contribution in [0.5, 0.6) is 23.0 Å². The molecule has 0 saturated carbocycles. The minimum atomic E-state index is -1.00. The van der Waals surface area contributed by atoms with Gasteiger partial charge in [0.1, 0.15) is 46.8 Å². The van der Waals surface area contributed by atoms with E-state index in [0.717, 1.165) is 0 Å². The molecule has 2 aliphatic rings. The molecule has 2 saturated heterocycles. The maximum atomic E-state index is 13.2. The van der Waals surface area contributed by atoms with Crippen molar-refractivity contribution in [3.05, 3.63) is 141 Å². The fourth-order valence-corrected chi connectivity index (χ4v) is 6.21. The Balaban J connectivity index is 1.06. The van der Waals surface area contributed by atoms with Gasteiger partial charge < -0.3 is 48.1 Å². The molecular formula is C44H36N2O14. The standard InChI is InChI=1S/C44H36N2O14/c1-46-35(18-29-11-15-34(19-36(29)54-3)58-42(50)27-8-12-32(53-2)13-9-27)44(52)60-38-24-56-39-37(23-55-40(38)39)59-43(51)30(20-45)16-28-10-14-33(17-31(28)22-48)57-41(49)26-6-4-25(21-47)5-7-26/h4-19,37-40,47-48H,21-24H2,2-3H3/b30-16+,35-18-/t37-,38+,39+,40+/m0/s1. The summed E-state index contributed by atoms with van der Waals surface area (Å²) in [5.41, 5.74) is 1.20. The van der Waals surface area contributed by atoms with Crippen LogP contribution in [0.1, 0.15) is 43.0 Å². The molecule has 0 amide bonds. The molecule has 4 aromatic rings. The van der Waals surface area contributed by atoms with Gasteiger partial charge in [-0.25, -0.2) is 19.2 Å². The fourth-order valence-electron chi connectivity index (χ4n) is 6.21. The average Bonchev–Trinajstić information content (AvgIpc) is 3.87. The number of rotatable bonds is 14. The lowest BCUT2D eigenvalue weighted by molar-refractivity contribution is -0.150. The normalized spacial score (nSPS) is 18.3. The Labute approximate surface area is 343 Å². The highest BCUT2D eigenvalue weighted by atomic mass is 16.7. The number of aliphatic hydroxyl groups excluding tert-OH is 2. The molecule has 2 fully saturated rings. The minimum Gasteiger partial charge on any atom is -0.497 e. The molecule has 2 heterocycles. The SMILES string of the molecule is [C-]#[N+]/C(=C\c1ccc(OC(=O)c2ccc(OC)cc2)cc1OC)C(=O)O[C@@H]1CO[C@H]2[C@@H]1OC[C@@H]2OC(=O)/C(C#N)=C/c1ccc(OC(=O)c2ccc(CO)cc2)cc1CO. The second kappa shape index (κ2) is 19.4. The number of fused-ring (bicyclic) bond motifs is 1. The van der Waals surface area contributed by atoms with Crippen LogP contribution in [0.3, 0.4) is 0 Å². The predicted octanol–water partition coefficient (Wildman–Crippen LogP) is 4.62. The smallest absolute Gasteiger partial charge is 0.349 e. The molecule has 0 aliphatic carbocycles. The summed E-state index contributed by atoms with van der Waals surface area (Å²) in [4.78, 5) is 54.9. The molecule has 0 radical (unpaired) electrons. The van der Waals surface area contributed by atoms with E-state index < -0.39 is 66.2 Å². The van der Waals surface area contributed by atoms with Crippen molar-refractivity contribution in [2.75, 3.05) is 27.4 Å². The minimum absolute atomic E-state index is 0.107. The van der Waals surface area contributed by atoms with Crippen LogP contribution in [0.2, 0.25) is 0 Å². The van der Waals surface area contributed by atoms with Gasteiger partial charge in [-0.2, -0.15) is 5.26 Å². The number of nitrogens with zero attached hydrogens (tertiary/aromatic N) is 2. The van der Waals surface area contributed by atoms with E-state index >= 15 is 0 Å². The molecule has 0 bridgehead atoms. The molecular weight excluding hydrogens is 780 g/mol. The van der Waals surface area contributed by atoms with E-state index in [1.54, 1.807) is 42.5 Å².